The molecular weight excluding hydrogens is 208 g/mol. The molecule has 82 valence electrons. The van der Waals surface area contributed by atoms with Gasteiger partial charge in [0.15, 0.2) is 11.5 Å². The summed E-state index contributed by atoms with van der Waals surface area (Å²) < 4.78 is 10.8. The van der Waals surface area contributed by atoms with E-state index in [4.69, 9.17) is 9.47 Å². The Morgan fingerprint density at radius 2 is 1.93 bits per heavy atom. The fourth-order valence-corrected chi connectivity index (χ4v) is 2.12. The predicted molar refractivity (Wildman–Crippen MR) is 64.2 cm³/mol. The van der Waals surface area contributed by atoms with Crippen LogP contribution in [0.25, 0.3) is 0 Å². The largest absolute Gasteiger partial charge is 0.454 e. The van der Waals surface area contributed by atoms with Crippen LogP contribution in [0.2, 0.25) is 0 Å². The molecule has 1 heterocycles. The standard InChI is InChI=1S/C12H16O2S/c1-8(2)10-6-12-11(13-7-14-12)5-9(10)3-4-15/h5-6,8,15H,3-4,7H2,1-2H3. The van der Waals surface area contributed by atoms with Gasteiger partial charge in [0.05, 0.1) is 0 Å². The van der Waals surface area contributed by atoms with Gasteiger partial charge in [-0.25, -0.2) is 0 Å². The van der Waals surface area contributed by atoms with Crippen LogP contribution in [0.5, 0.6) is 11.5 Å². The normalized spacial score (nSPS) is 13.6. The van der Waals surface area contributed by atoms with Crippen LogP contribution in [0.1, 0.15) is 30.9 Å². The average molecular weight is 224 g/mol. The fourth-order valence-electron chi connectivity index (χ4n) is 1.87. The molecular formula is C12H16O2S. The molecule has 2 nitrogen and oxygen atoms in total. The quantitative estimate of drug-likeness (QED) is 0.796. The molecule has 0 spiro atoms. The Kier molecular flexibility index (Phi) is 3.10. The summed E-state index contributed by atoms with van der Waals surface area (Å²) in [6.07, 6.45) is 0.979. The van der Waals surface area contributed by atoms with Gasteiger partial charge in [-0.1, -0.05) is 13.8 Å². The second-order valence-electron chi connectivity index (χ2n) is 4.03. The minimum Gasteiger partial charge on any atom is -0.454 e. The molecule has 0 N–H and O–H groups in total. The lowest BCUT2D eigenvalue weighted by Crippen LogP contribution is -1.97. The SMILES string of the molecule is CC(C)c1cc2c(cc1CCS)OCO2. The molecule has 0 aromatic heterocycles. The lowest BCUT2D eigenvalue weighted by Gasteiger charge is -2.13. The highest BCUT2D eigenvalue weighted by Crippen LogP contribution is 2.37. The first-order valence-electron chi connectivity index (χ1n) is 5.25. The van der Waals surface area contributed by atoms with E-state index in [1.807, 2.05) is 0 Å². The Bertz CT molecular complexity index is 361. The maximum absolute atomic E-state index is 5.38. The second kappa shape index (κ2) is 4.35. The van der Waals surface area contributed by atoms with Gasteiger partial charge in [-0.3, -0.25) is 0 Å². The van der Waals surface area contributed by atoms with Gasteiger partial charge >= 0.3 is 0 Å². The smallest absolute Gasteiger partial charge is 0.231 e. The fraction of sp³-hybridized carbons (Fsp3) is 0.500. The van der Waals surface area contributed by atoms with E-state index in [1.54, 1.807) is 0 Å². The van der Waals surface area contributed by atoms with Crippen LogP contribution in [0.3, 0.4) is 0 Å². The number of fused-ring (bicyclic) bond motifs is 1. The number of ether oxygens (including phenoxy) is 2. The molecule has 0 aliphatic carbocycles. The van der Waals surface area contributed by atoms with Gasteiger partial charge in [-0.2, -0.15) is 12.6 Å². The molecule has 0 bridgehead atoms. The minimum absolute atomic E-state index is 0.344. The van der Waals surface area contributed by atoms with Crippen molar-refractivity contribution in [3.63, 3.8) is 0 Å². The molecule has 0 saturated heterocycles. The monoisotopic (exact) mass is 224 g/mol. The number of hydrogen-bond acceptors (Lipinski definition) is 3. The molecule has 3 heteroatoms. The second-order valence-corrected chi connectivity index (χ2v) is 4.48. The number of hydrogen-bond donors (Lipinski definition) is 1. The molecule has 1 aromatic carbocycles. The van der Waals surface area contributed by atoms with Gasteiger partial charge in [0.1, 0.15) is 0 Å². The Hall–Kier alpha value is -0.830. The van der Waals surface area contributed by atoms with E-state index >= 15 is 0 Å². The van der Waals surface area contributed by atoms with Crippen LogP contribution in [-0.2, 0) is 6.42 Å². The Balaban J connectivity index is 2.42. The van der Waals surface area contributed by atoms with Crippen molar-refractivity contribution in [1.82, 2.24) is 0 Å². The summed E-state index contributed by atoms with van der Waals surface area (Å²) >= 11 is 4.28. The van der Waals surface area contributed by atoms with Crippen molar-refractivity contribution in [3.8, 4) is 11.5 Å². The van der Waals surface area contributed by atoms with Gasteiger partial charge in [-0.15, -0.1) is 0 Å². The van der Waals surface area contributed by atoms with E-state index in [-0.39, 0.29) is 0 Å². The van der Waals surface area contributed by atoms with Crippen molar-refractivity contribution in [2.75, 3.05) is 12.5 Å². The molecule has 1 aliphatic rings. The maximum atomic E-state index is 5.38. The zero-order chi connectivity index (χ0) is 10.8. The van der Waals surface area contributed by atoms with Gasteiger partial charge in [0.25, 0.3) is 0 Å². The summed E-state index contributed by atoms with van der Waals surface area (Å²) in [4.78, 5) is 0. The van der Waals surface area contributed by atoms with Crippen molar-refractivity contribution in [2.24, 2.45) is 0 Å². The summed E-state index contributed by atoms with van der Waals surface area (Å²) in [5.41, 5.74) is 2.66. The first kappa shape index (κ1) is 10.7. The molecule has 0 atom stereocenters. The van der Waals surface area contributed by atoms with E-state index in [0.29, 0.717) is 12.7 Å². The molecule has 15 heavy (non-hydrogen) atoms. The number of rotatable bonds is 3. The molecule has 0 unspecified atom stereocenters. The number of thiol groups is 1. The van der Waals surface area contributed by atoms with Crippen LogP contribution >= 0.6 is 12.6 Å². The highest BCUT2D eigenvalue weighted by molar-refractivity contribution is 7.80. The van der Waals surface area contributed by atoms with Crippen molar-refractivity contribution in [2.45, 2.75) is 26.2 Å². The molecule has 2 rings (SSSR count). The van der Waals surface area contributed by atoms with E-state index in [1.165, 1.54) is 11.1 Å². The van der Waals surface area contributed by atoms with Gasteiger partial charge in [0, 0.05) is 0 Å². The molecule has 0 radical (unpaired) electrons. The third-order valence-electron chi connectivity index (χ3n) is 2.64. The molecule has 1 aliphatic heterocycles. The zero-order valence-electron chi connectivity index (χ0n) is 9.12. The van der Waals surface area contributed by atoms with Crippen LogP contribution in [0.15, 0.2) is 12.1 Å². The average Bonchev–Trinajstić information content (AvgIpc) is 2.63. The Labute approximate surface area is 96.0 Å². The maximum Gasteiger partial charge on any atom is 0.231 e. The van der Waals surface area contributed by atoms with Gasteiger partial charge in [-0.05, 0) is 41.4 Å². The highest BCUT2D eigenvalue weighted by atomic mass is 32.1. The third kappa shape index (κ3) is 2.07. The lowest BCUT2D eigenvalue weighted by atomic mass is 9.95. The summed E-state index contributed by atoms with van der Waals surface area (Å²) in [5.74, 6) is 3.12. The van der Waals surface area contributed by atoms with E-state index in [0.717, 1.165) is 23.7 Å². The topological polar surface area (TPSA) is 18.5 Å². The van der Waals surface area contributed by atoms with Crippen LogP contribution in [-0.4, -0.2) is 12.5 Å². The van der Waals surface area contributed by atoms with E-state index in [9.17, 15) is 0 Å². The summed E-state index contributed by atoms with van der Waals surface area (Å²) in [5, 5.41) is 0. The van der Waals surface area contributed by atoms with Crippen molar-refractivity contribution >= 4 is 12.6 Å². The first-order chi connectivity index (χ1) is 7.22. The lowest BCUT2D eigenvalue weighted by molar-refractivity contribution is 0.174. The molecule has 1 aromatic rings. The Morgan fingerprint density at radius 3 is 2.53 bits per heavy atom. The molecule has 0 saturated carbocycles. The van der Waals surface area contributed by atoms with Crippen molar-refractivity contribution in [1.29, 1.82) is 0 Å². The van der Waals surface area contributed by atoms with Crippen molar-refractivity contribution < 1.29 is 9.47 Å². The minimum atomic E-state index is 0.344. The summed E-state index contributed by atoms with van der Waals surface area (Å²) in [6.45, 7) is 4.73. The number of benzene rings is 1. The first-order valence-corrected chi connectivity index (χ1v) is 5.89. The summed E-state index contributed by atoms with van der Waals surface area (Å²) in [6, 6.07) is 4.19. The predicted octanol–water partition coefficient (Wildman–Crippen LogP) is 3.01. The molecule has 0 amide bonds. The zero-order valence-corrected chi connectivity index (χ0v) is 10.0. The summed E-state index contributed by atoms with van der Waals surface area (Å²) in [7, 11) is 0. The van der Waals surface area contributed by atoms with Gasteiger partial charge < -0.3 is 9.47 Å². The third-order valence-corrected chi connectivity index (χ3v) is 2.86. The van der Waals surface area contributed by atoms with Crippen LogP contribution in [0, 0.1) is 0 Å². The Morgan fingerprint density at radius 1 is 1.27 bits per heavy atom. The number of aryl methyl sites for hydroxylation is 1. The van der Waals surface area contributed by atoms with Crippen LogP contribution < -0.4 is 9.47 Å². The van der Waals surface area contributed by atoms with Crippen molar-refractivity contribution in [3.05, 3.63) is 23.3 Å². The molecule has 0 fully saturated rings. The highest BCUT2D eigenvalue weighted by Gasteiger charge is 2.17. The van der Waals surface area contributed by atoms with E-state index < -0.39 is 0 Å². The van der Waals surface area contributed by atoms with Gasteiger partial charge in [0.2, 0.25) is 6.79 Å². The van der Waals surface area contributed by atoms with Crippen LogP contribution in [0.4, 0.5) is 0 Å². The van der Waals surface area contributed by atoms with E-state index in [2.05, 4.69) is 38.6 Å².